The molecule has 1 amide bonds. The summed E-state index contributed by atoms with van der Waals surface area (Å²) in [6.07, 6.45) is 2.91. The van der Waals surface area contributed by atoms with Gasteiger partial charge < -0.3 is 20.3 Å². The topological polar surface area (TPSA) is 98.3 Å². The normalized spacial score (nSPS) is 10.2. The Kier molecular flexibility index (Phi) is 3.93. The van der Waals surface area contributed by atoms with E-state index in [1.165, 1.54) is 12.4 Å². The molecule has 0 saturated carbocycles. The average Bonchev–Trinajstić information content (AvgIpc) is 2.79. The van der Waals surface area contributed by atoms with Crippen molar-refractivity contribution in [1.29, 1.82) is 0 Å². The van der Waals surface area contributed by atoms with Gasteiger partial charge in [0.1, 0.15) is 11.4 Å². The summed E-state index contributed by atoms with van der Waals surface area (Å²) in [6, 6.07) is 3.35. The molecule has 0 bridgehead atoms. The minimum Gasteiger partial charge on any atom is -0.478 e. The molecule has 3 N–H and O–H groups in total. The van der Waals surface area contributed by atoms with E-state index in [1.54, 1.807) is 19.1 Å². The molecule has 0 radical (unpaired) electrons. The first-order valence-electron chi connectivity index (χ1n) is 6.26. The molecule has 0 aliphatic heterocycles. The summed E-state index contributed by atoms with van der Waals surface area (Å²) < 4.78 is 0. The zero-order chi connectivity index (χ0) is 15.6. The Morgan fingerprint density at radius 1 is 1.33 bits per heavy atom. The van der Waals surface area contributed by atoms with E-state index in [4.69, 9.17) is 5.11 Å². The second kappa shape index (κ2) is 5.66. The molecule has 0 aliphatic carbocycles. The Balaban J connectivity index is 2.20. The van der Waals surface area contributed by atoms with Crippen molar-refractivity contribution < 1.29 is 14.7 Å². The van der Waals surface area contributed by atoms with Gasteiger partial charge in [0.2, 0.25) is 0 Å². The lowest BCUT2D eigenvalue weighted by Crippen LogP contribution is -2.15. The summed E-state index contributed by atoms with van der Waals surface area (Å²) in [7, 11) is 3.70. The van der Waals surface area contributed by atoms with Crippen LogP contribution in [-0.2, 0) is 0 Å². The molecule has 2 heterocycles. The maximum atomic E-state index is 12.1. The average molecular weight is 288 g/mol. The summed E-state index contributed by atoms with van der Waals surface area (Å²) in [6.45, 7) is 1.63. The van der Waals surface area contributed by atoms with Gasteiger partial charge in [-0.05, 0) is 19.1 Å². The molecule has 0 atom stereocenters. The van der Waals surface area contributed by atoms with Gasteiger partial charge in [-0.2, -0.15) is 0 Å². The Bertz CT molecular complexity index is 674. The van der Waals surface area contributed by atoms with Gasteiger partial charge in [-0.3, -0.25) is 4.79 Å². The van der Waals surface area contributed by atoms with Crippen molar-refractivity contribution >= 4 is 23.4 Å². The maximum absolute atomic E-state index is 12.1. The number of hydrogen-bond donors (Lipinski definition) is 3. The lowest BCUT2D eigenvalue weighted by Gasteiger charge is -2.11. The SMILES string of the molecule is Cc1[nH]cc(NC(=O)c2ccc(N(C)C)nc2)c1C(=O)O. The predicted octanol–water partition coefficient (Wildman–Crippen LogP) is 1.73. The minimum absolute atomic E-state index is 0.0567. The number of aromatic amines is 1. The second-order valence-electron chi connectivity index (χ2n) is 4.76. The van der Waals surface area contributed by atoms with E-state index in [0.717, 1.165) is 5.82 Å². The van der Waals surface area contributed by atoms with Crippen LogP contribution in [0, 0.1) is 6.92 Å². The molecule has 0 fully saturated rings. The summed E-state index contributed by atoms with van der Waals surface area (Å²) in [5, 5.41) is 11.7. The van der Waals surface area contributed by atoms with E-state index in [1.807, 2.05) is 19.0 Å². The molecule has 0 spiro atoms. The number of anilines is 2. The van der Waals surface area contributed by atoms with Crippen LogP contribution >= 0.6 is 0 Å². The van der Waals surface area contributed by atoms with Crippen LogP contribution in [0.15, 0.2) is 24.5 Å². The van der Waals surface area contributed by atoms with Crippen LogP contribution in [0.1, 0.15) is 26.4 Å². The van der Waals surface area contributed by atoms with E-state index >= 15 is 0 Å². The van der Waals surface area contributed by atoms with Gasteiger partial charge in [0.05, 0.1) is 11.3 Å². The molecule has 2 aromatic rings. The van der Waals surface area contributed by atoms with Crippen LogP contribution in [0.5, 0.6) is 0 Å². The highest BCUT2D eigenvalue weighted by molar-refractivity contribution is 6.08. The molecule has 21 heavy (non-hydrogen) atoms. The van der Waals surface area contributed by atoms with Crippen molar-refractivity contribution in [3.63, 3.8) is 0 Å². The standard InChI is InChI=1S/C14H16N4O3/c1-8-12(14(20)21)10(7-15-8)17-13(19)9-4-5-11(16-6-9)18(2)3/h4-7,15H,1-3H3,(H,17,19)(H,20,21). The van der Waals surface area contributed by atoms with E-state index in [2.05, 4.69) is 15.3 Å². The van der Waals surface area contributed by atoms with Crippen molar-refractivity contribution in [3.8, 4) is 0 Å². The molecule has 0 saturated heterocycles. The van der Waals surface area contributed by atoms with Gasteiger partial charge >= 0.3 is 5.97 Å². The molecule has 2 aromatic heterocycles. The van der Waals surface area contributed by atoms with E-state index < -0.39 is 11.9 Å². The number of nitrogens with zero attached hydrogens (tertiary/aromatic N) is 2. The number of amides is 1. The lowest BCUT2D eigenvalue weighted by molar-refractivity contribution is 0.0697. The smallest absolute Gasteiger partial charge is 0.339 e. The van der Waals surface area contributed by atoms with Crippen molar-refractivity contribution in [2.45, 2.75) is 6.92 Å². The summed E-state index contributed by atoms with van der Waals surface area (Å²) in [5.41, 5.74) is 1.14. The quantitative estimate of drug-likeness (QED) is 0.796. The van der Waals surface area contributed by atoms with Gasteiger partial charge in [-0.25, -0.2) is 9.78 Å². The number of carbonyl (C=O) groups excluding carboxylic acids is 1. The maximum Gasteiger partial charge on any atom is 0.339 e. The van der Waals surface area contributed by atoms with Crippen LogP contribution in [0.3, 0.4) is 0 Å². The van der Waals surface area contributed by atoms with Crippen LogP contribution in [0.25, 0.3) is 0 Å². The van der Waals surface area contributed by atoms with E-state index in [0.29, 0.717) is 11.3 Å². The number of rotatable bonds is 4. The van der Waals surface area contributed by atoms with Gasteiger partial charge in [-0.1, -0.05) is 0 Å². The van der Waals surface area contributed by atoms with Crippen LogP contribution in [-0.4, -0.2) is 41.0 Å². The highest BCUT2D eigenvalue weighted by Crippen LogP contribution is 2.20. The van der Waals surface area contributed by atoms with Crippen molar-refractivity contribution in [1.82, 2.24) is 9.97 Å². The summed E-state index contributed by atoms with van der Waals surface area (Å²) in [5.74, 6) is -0.769. The van der Waals surface area contributed by atoms with Crippen molar-refractivity contribution in [3.05, 3.63) is 41.3 Å². The predicted molar refractivity (Wildman–Crippen MR) is 79.0 cm³/mol. The number of carbonyl (C=O) groups is 2. The fraction of sp³-hybridized carbons (Fsp3) is 0.214. The Morgan fingerprint density at radius 3 is 2.57 bits per heavy atom. The number of aromatic carboxylic acids is 1. The van der Waals surface area contributed by atoms with Crippen molar-refractivity contribution in [2.24, 2.45) is 0 Å². The van der Waals surface area contributed by atoms with Gasteiger partial charge in [0, 0.05) is 32.2 Å². The highest BCUT2D eigenvalue weighted by Gasteiger charge is 2.17. The first kappa shape index (κ1) is 14.6. The third kappa shape index (κ3) is 3.02. The van der Waals surface area contributed by atoms with Crippen molar-refractivity contribution in [2.75, 3.05) is 24.3 Å². The first-order chi connectivity index (χ1) is 9.90. The fourth-order valence-corrected chi connectivity index (χ4v) is 1.88. The molecule has 2 rings (SSSR count). The highest BCUT2D eigenvalue weighted by atomic mass is 16.4. The van der Waals surface area contributed by atoms with Crippen LogP contribution < -0.4 is 10.2 Å². The number of H-pyrrole nitrogens is 1. The Labute approximate surface area is 121 Å². The van der Waals surface area contributed by atoms with Crippen LogP contribution in [0.4, 0.5) is 11.5 Å². The van der Waals surface area contributed by atoms with E-state index in [9.17, 15) is 9.59 Å². The third-order valence-corrected chi connectivity index (χ3v) is 3.01. The van der Waals surface area contributed by atoms with Gasteiger partial charge in [0.25, 0.3) is 5.91 Å². The molecule has 0 unspecified atom stereocenters. The minimum atomic E-state index is -1.09. The molecule has 7 heteroatoms. The van der Waals surface area contributed by atoms with E-state index in [-0.39, 0.29) is 11.3 Å². The number of nitrogens with one attached hydrogen (secondary N) is 2. The largest absolute Gasteiger partial charge is 0.478 e. The second-order valence-corrected chi connectivity index (χ2v) is 4.76. The van der Waals surface area contributed by atoms with Gasteiger partial charge in [-0.15, -0.1) is 0 Å². The zero-order valence-electron chi connectivity index (χ0n) is 12.0. The number of pyridine rings is 1. The lowest BCUT2D eigenvalue weighted by atomic mass is 10.2. The molecule has 0 aromatic carbocycles. The zero-order valence-corrected chi connectivity index (χ0v) is 12.0. The monoisotopic (exact) mass is 288 g/mol. The third-order valence-electron chi connectivity index (χ3n) is 3.01. The molecule has 0 aliphatic rings. The first-order valence-corrected chi connectivity index (χ1v) is 6.26. The summed E-state index contributed by atoms with van der Waals surface area (Å²) >= 11 is 0. The summed E-state index contributed by atoms with van der Waals surface area (Å²) in [4.78, 5) is 32.0. The molecular weight excluding hydrogens is 272 g/mol. The number of hydrogen-bond acceptors (Lipinski definition) is 4. The number of aromatic nitrogens is 2. The Hall–Kier alpha value is -2.83. The fourth-order valence-electron chi connectivity index (χ4n) is 1.88. The Morgan fingerprint density at radius 2 is 2.05 bits per heavy atom. The number of carboxylic acid groups (broad SMARTS) is 1. The number of carboxylic acids is 1. The molecular formula is C14H16N4O3. The van der Waals surface area contributed by atoms with Gasteiger partial charge in [0.15, 0.2) is 0 Å². The number of aryl methyl sites for hydroxylation is 1. The molecule has 110 valence electrons. The molecule has 7 nitrogen and oxygen atoms in total. The van der Waals surface area contributed by atoms with Crippen LogP contribution in [0.2, 0.25) is 0 Å².